The third kappa shape index (κ3) is 6.06. The highest BCUT2D eigenvalue weighted by molar-refractivity contribution is 7.99. The standard InChI is InChI=1S/C11H22O4S/c1-12-7-11(8-13-2)15-5-4-14-10-3-6-16-9-10/h10-11H,3-9H2,1-2H3. The fourth-order valence-corrected chi connectivity index (χ4v) is 2.71. The van der Waals surface area contributed by atoms with Crippen LogP contribution in [0.25, 0.3) is 0 Å². The molecule has 0 radical (unpaired) electrons. The highest BCUT2D eigenvalue weighted by atomic mass is 32.2. The first-order valence-corrected chi connectivity index (χ1v) is 6.81. The van der Waals surface area contributed by atoms with E-state index in [0.717, 1.165) is 5.75 Å². The third-order valence-electron chi connectivity index (χ3n) is 2.38. The van der Waals surface area contributed by atoms with Crippen molar-refractivity contribution in [2.24, 2.45) is 0 Å². The molecule has 1 heterocycles. The molecule has 4 nitrogen and oxygen atoms in total. The molecule has 16 heavy (non-hydrogen) atoms. The van der Waals surface area contributed by atoms with Gasteiger partial charge in [0, 0.05) is 20.0 Å². The van der Waals surface area contributed by atoms with Gasteiger partial charge in [-0.3, -0.25) is 0 Å². The molecule has 0 aromatic carbocycles. The second-order valence-corrected chi connectivity index (χ2v) is 4.91. The number of hydrogen-bond acceptors (Lipinski definition) is 5. The molecule has 96 valence electrons. The van der Waals surface area contributed by atoms with Gasteiger partial charge in [-0.2, -0.15) is 11.8 Å². The Bertz CT molecular complexity index is 156. The van der Waals surface area contributed by atoms with Crippen LogP contribution < -0.4 is 0 Å². The lowest BCUT2D eigenvalue weighted by Gasteiger charge is -2.17. The van der Waals surface area contributed by atoms with Crippen LogP contribution in [0.15, 0.2) is 0 Å². The highest BCUT2D eigenvalue weighted by Gasteiger charge is 2.15. The average Bonchev–Trinajstić information content (AvgIpc) is 2.78. The van der Waals surface area contributed by atoms with Crippen molar-refractivity contribution < 1.29 is 18.9 Å². The minimum Gasteiger partial charge on any atom is -0.382 e. The van der Waals surface area contributed by atoms with E-state index in [0.29, 0.717) is 32.5 Å². The molecule has 0 aromatic heterocycles. The van der Waals surface area contributed by atoms with Crippen LogP contribution in [0.2, 0.25) is 0 Å². The summed E-state index contributed by atoms with van der Waals surface area (Å²) in [6.07, 6.45) is 1.61. The summed E-state index contributed by atoms with van der Waals surface area (Å²) in [6, 6.07) is 0. The molecule has 0 aliphatic carbocycles. The van der Waals surface area contributed by atoms with Crippen molar-refractivity contribution in [3.8, 4) is 0 Å². The molecule has 1 saturated heterocycles. The Morgan fingerprint density at radius 2 is 1.94 bits per heavy atom. The zero-order chi connectivity index (χ0) is 11.6. The minimum absolute atomic E-state index is 0.0107. The molecule has 1 fully saturated rings. The van der Waals surface area contributed by atoms with Gasteiger partial charge in [0.15, 0.2) is 0 Å². The van der Waals surface area contributed by atoms with Crippen LogP contribution >= 0.6 is 11.8 Å². The Morgan fingerprint density at radius 3 is 2.50 bits per heavy atom. The van der Waals surface area contributed by atoms with Crippen LogP contribution in [-0.2, 0) is 18.9 Å². The van der Waals surface area contributed by atoms with Crippen LogP contribution in [0, 0.1) is 0 Å². The Balaban J connectivity index is 1.98. The lowest BCUT2D eigenvalue weighted by atomic mass is 10.3. The Hall–Kier alpha value is 0.190. The first-order valence-electron chi connectivity index (χ1n) is 5.65. The van der Waals surface area contributed by atoms with E-state index in [1.54, 1.807) is 14.2 Å². The normalized spacial score (nSPS) is 20.8. The first kappa shape index (κ1) is 14.3. The molecule has 0 amide bonds. The molecule has 1 aliphatic rings. The second-order valence-electron chi connectivity index (χ2n) is 3.76. The zero-order valence-electron chi connectivity index (χ0n) is 10.1. The van der Waals surface area contributed by atoms with Crippen LogP contribution in [-0.4, -0.2) is 64.4 Å². The maximum atomic E-state index is 5.68. The summed E-state index contributed by atoms with van der Waals surface area (Å²) in [7, 11) is 3.33. The van der Waals surface area contributed by atoms with Crippen LogP contribution in [0.4, 0.5) is 0 Å². The largest absolute Gasteiger partial charge is 0.382 e. The summed E-state index contributed by atoms with van der Waals surface area (Å²) in [5.41, 5.74) is 0. The summed E-state index contributed by atoms with van der Waals surface area (Å²) in [4.78, 5) is 0. The molecule has 1 aliphatic heterocycles. The van der Waals surface area contributed by atoms with Crippen LogP contribution in [0.5, 0.6) is 0 Å². The Morgan fingerprint density at radius 1 is 1.19 bits per heavy atom. The molecule has 5 heteroatoms. The van der Waals surface area contributed by atoms with E-state index in [2.05, 4.69) is 0 Å². The second kappa shape index (κ2) is 9.24. The van der Waals surface area contributed by atoms with E-state index in [1.165, 1.54) is 12.2 Å². The van der Waals surface area contributed by atoms with Gasteiger partial charge < -0.3 is 18.9 Å². The van der Waals surface area contributed by atoms with E-state index in [9.17, 15) is 0 Å². The van der Waals surface area contributed by atoms with Gasteiger partial charge in [-0.05, 0) is 12.2 Å². The smallest absolute Gasteiger partial charge is 0.104 e. The fraction of sp³-hybridized carbons (Fsp3) is 1.00. The monoisotopic (exact) mass is 250 g/mol. The van der Waals surface area contributed by atoms with Crippen molar-refractivity contribution in [3.05, 3.63) is 0 Å². The molecular weight excluding hydrogens is 228 g/mol. The van der Waals surface area contributed by atoms with E-state index in [1.807, 2.05) is 11.8 Å². The van der Waals surface area contributed by atoms with E-state index >= 15 is 0 Å². The van der Waals surface area contributed by atoms with Crippen molar-refractivity contribution >= 4 is 11.8 Å². The lowest BCUT2D eigenvalue weighted by molar-refractivity contribution is -0.0650. The van der Waals surface area contributed by atoms with Gasteiger partial charge in [-0.15, -0.1) is 0 Å². The predicted molar refractivity (Wildman–Crippen MR) is 65.2 cm³/mol. The van der Waals surface area contributed by atoms with Gasteiger partial charge in [0.1, 0.15) is 6.10 Å². The highest BCUT2D eigenvalue weighted by Crippen LogP contribution is 2.19. The number of rotatable bonds is 9. The molecule has 0 bridgehead atoms. The first-order chi connectivity index (χ1) is 7.86. The van der Waals surface area contributed by atoms with Crippen molar-refractivity contribution in [2.45, 2.75) is 18.6 Å². The van der Waals surface area contributed by atoms with E-state index < -0.39 is 0 Å². The van der Waals surface area contributed by atoms with Gasteiger partial charge in [-0.1, -0.05) is 0 Å². The van der Waals surface area contributed by atoms with Crippen molar-refractivity contribution in [1.82, 2.24) is 0 Å². The van der Waals surface area contributed by atoms with E-state index in [-0.39, 0.29) is 6.10 Å². The van der Waals surface area contributed by atoms with Gasteiger partial charge in [0.25, 0.3) is 0 Å². The topological polar surface area (TPSA) is 36.9 Å². The van der Waals surface area contributed by atoms with Crippen molar-refractivity contribution in [3.63, 3.8) is 0 Å². The molecule has 0 saturated carbocycles. The maximum absolute atomic E-state index is 5.68. The summed E-state index contributed by atoms with van der Waals surface area (Å²) in [6.45, 7) is 2.40. The maximum Gasteiger partial charge on any atom is 0.104 e. The fourth-order valence-electron chi connectivity index (χ4n) is 1.59. The Kier molecular flexibility index (Phi) is 8.23. The summed E-state index contributed by atoms with van der Waals surface area (Å²) < 4.78 is 21.4. The minimum atomic E-state index is 0.0107. The van der Waals surface area contributed by atoms with E-state index in [4.69, 9.17) is 18.9 Å². The van der Waals surface area contributed by atoms with Gasteiger partial charge in [-0.25, -0.2) is 0 Å². The van der Waals surface area contributed by atoms with Crippen LogP contribution in [0.1, 0.15) is 6.42 Å². The Labute approximate surface area is 102 Å². The zero-order valence-corrected chi connectivity index (χ0v) is 11.0. The van der Waals surface area contributed by atoms with Gasteiger partial charge in [0.05, 0.1) is 32.5 Å². The molecule has 0 aromatic rings. The van der Waals surface area contributed by atoms with Gasteiger partial charge >= 0.3 is 0 Å². The summed E-state index contributed by atoms with van der Waals surface area (Å²) >= 11 is 1.96. The number of methoxy groups -OCH3 is 2. The lowest BCUT2D eigenvalue weighted by Crippen LogP contribution is -2.27. The van der Waals surface area contributed by atoms with Crippen molar-refractivity contribution in [1.29, 1.82) is 0 Å². The molecule has 1 atom stereocenters. The predicted octanol–water partition coefficient (Wildman–Crippen LogP) is 1.19. The molecule has 1 unspecified atom stereocenters. The number of ether oxygens (including phenoxy) is 4. The summed E-state index contributed by atoms with van der Waals surface area (Å²) in [5.74, 6) is 2.35. The van der Waals surface area contributed by atoms with Crippen LogP contribution in [0.3, 0.4) is 0 Å². The SMILES string of the molecule is COCC(COC)OCCOC1CCSC1. The quantitative estimate of drug-likeness (QED) is 0.575. The number of hydrogen-bond donors (Lipinski definition) is 0. The molecule has 0 N–H and O–H groups in total. The average molecular weight is 250 g/mol. The third-order valence-corrected chi connectivity index (χ3v) is 3.52. The molecular formula is C11H22O4S. The van der Waals surface area contributed by atoms with Gasteiger partial charge in [0.2, 0.25) is 0 Å². The molecule has 1 rings (SSSR count). The number of thioether (sulfide) groups is 1. The molecule has 0 spiro atoms. The summed E-state index contributed by atoms with van der Waals surface area (Å²) in [5, 5.41) is 0. The van der Waals surface area contributed by atoms with Crippen molar-refractivity contribution in [2.75, 3.05) is 52.2 Å².